The number of methoxy groups -OCH3 is 1. The standard InChI is InChI=1S/C19H20BrNO3/c1-10-17(11(2)22)18(13-9-12(20)7-8-16(13)24-3)19-14(21-10)5-4-6-15(19)23/h7-9,18,21H,4-6H2,1-3H3. The molecule has 3 rings (SSSR count). The summed E-state index contributed by atoms with van der Waals surface area (Å²) >= 11 is 3.49. The van der Waals surface area contributed by atoms with Crippen LogP contribution in [0.25, 0.3) is 0 Å². The number of hydrogen-bond donors (Lipinski definition) is 1. The zero-order chi connectivity index (χ0) is 17.4. The van der Waals surface area contributed by atoms with Gasteiger partial charge in [-0.3, -0.25) is 9.59 Å². The monoisotopic (exact) mass is 389 g/mol. The van der Waals surface area contributed by atoms with Gasteiger partial charge < -0.3 is 10.1 Å². The van der Waals surface area contributed by atoms with Crippen LogP contribution < -0.4 is 10.1 Å². The highest BCUT2D eigenvalue weighted by Crippen LogP contribution is 2.45. The van der Waals surface area contributed by atoms with E-state index in [1.165, 1.54) is 0 Å². The summed E-state index contributed by atoms with van der Waals surface area (Å²) in [4.78, 5) is 25.1. The van der Waals surface area contributed by atoms with Gasteiger partial charge in [0.15, 0.2) is 11.6 Å². The Labute approximate surface area is 150 Å². The molecule has 0 saturated carbocycles. The van der Waals surface area contributed by atoms with Gasteiger partial charge in [-0.15, -0.1) is 0 Å². The van der Waals surface area contributed by atoms with Crippen LogP contribution in [-0.4, -0.2) is 18.7 Å². The van der Waals surface area contributed by atoms with Gasteiger partial charge in [0.25, 0.3) is 0 Å². The van der Waals surface area contributed by atoms with Crippen LogP contribution in [0.3, 0.4) is 0 Å². The van der Waals surface area contributed by atoms with Gasteiger partial charge in [-0.2, -0.15) is 0 Å². The number of halogens is 1. The van der Waals surface area contributed by atoms with E-state index in [0.717, 1.165) is 34.3 Å². The van der Waals surface area contributed by atoms with Crippen molar-refractivity contribution >= 4 is 27.5 Å². The Morgan fingerprint density at radius 1 is 1.33 bits per heavy atom. The number of ketones is 2. The van der Waals surface area contributed by atoms with Crippen molar-refractivity contribution in [2.24, 2.45) is 0 Å². The van der Waals surface area contributed by atoms with Crippen molar-refractivity contribution in [2.75, 3.05) is 7.11 Å². The Hall–Kier alpha value is -1.88. The molecule has 1 unspecified atom stereocenters. The lowest BCUT2D eigenvalue weighted by atomic mass is 9.74. The van der Waals surface area contributed by atoms with Crippen LogP contribution in [0.2, 0.25) is 0 Å². The Balaban J connectivity index is 2.28. The zero-order valence-electron chi connectivity index (χ0n) is 14.0. The molecular formula is C19H20BrNO3. The molecule has 0 aromatic heterocycles. The summed E-state index contributed by atoms with van der Waals surface area (Å²) in [7, 11) is 1.61. The van der Waals surface area contributed by atoms with E-state index in [1.54, 1.807) is 14.0 Å². The first-order valence-corrected chi connectivity index (χ1v) is 8.81. The summed E-state index contributed by atoms with van der Waals surface area (Å²) < 4.78 is 6.41. The molecule has 0 fully saturated rings. The van der Waals surface area contributed by atoms with Crippen LogP contribution in [0.15, 0.2) is 45.2 Å². The highest BCUT2D eigenvalue weighted by atomic mass is 79.9. The number of carbonyl (C=O) groups is 2. The van der Waals surface area contributed by atoms with Crippen molar-refractivity contribution in [3.8, 4) is 5.75 Å². The highest BCUT2D eigenvalue weighted by molar-refractivity contribution is 9.10. The third kappa shape index (κ3) is 2.81. The smallest absolute Gasteiger partial charge is 0.161 e. The fourth-order valence-electron chi connectivity index (χ4n) is 3.69. The summed E-state index contributed by atoms with van der Waals surface area (Å²) in [6.45, 7) is 3.45. The van der Waals surface area contributed by atoms with E-state index in [4.69, 9.17) is 4.74 Å². The first-order valence-electron chi connectivity index (χ1n) is 8.02. The number of rotatable bonds is 3. The van der Waals surface area contributed by atoms with E-state index in [2.05, 4.69) is 21.2 Å². The number of hydrogen-bond acceptors (Lipinski definition) is 4. The SMILES string of the molecule is COc1ccc(Br)cc1C1C(C(C)=O)=C(C)NC2=C1C(=O)CCC2. The number of benzene rings is 1. The van der Waals surface area contributed by atoms with Crippen molar-refractivity contribution in [1.29, 1.82) is 0 Å². The molecule has 0 radical (unpaired) electrons. The molecule has 1 aromatic carbocycles. The highest BCUT2D eigenvalue weighted by Gasteiger charge is 2.38. The van der Waals surface area contributed by atoms with Gasteiger partial charge >= 0.3 is 0 Å². The molecule has 1 heterocycles. The summed E-state index contributed by atoms with van der Waals surface area (Å²) in [6.07, 6.45) is 2.20. The Kier molecular flexibility index (Phi) is 4.63. The van der Waals surface area contributed by atoms with Crippen molar-refractivity contribution in [3.63, 3.8) is 0 Å². The molecule has 0 amide bonds. The lowest BCUT2D eigenvalue weighted by Gasteiger charge is -2.34. The van der Waals surface area contributed by atoms with Crippen LogP contribution in [0, 0.1) is 0 Å². The van der Waals surface area contributed by atoms with Crippen LogP contribution in [0.1, 0.15) is 44.6 Å². The van der Waals surface area contributed by atoms with Crippen molar-refractivity contribution in [3.05, 3.63) is 50.8 Å². The average molecular weight is 390 g/mol. The predicted molar refractivity (Wildman–Crippen MR) is 95.8 cm³/mol. The number of dihydropyridines is 1. The lowest BCUT2D eigenvalue weighted by Crippen LogP contribution is -2.33. The van der Waals surface area contributed by atoms with E-state index in [9.17, 15) is 9.59 Å². The van der Waals surface area contributed by atoms with Crippen LogP contribution in [-0.2, 0) is 9.59 Å². The molecule has 1 atom stereocenters. The number of nitrogens with one attached hydrogen (secondary N) is 1. The maximum Gasteiger partial charge on any atom is 0.161 e. The molecule has 126 valence electrons. The maximum atomic E-state index is 12.7. The van der Waals surface area contributed by atoms with Crippen molar-refractivity contribution < 1.29 is 14.3 Å². The van der Waals surface area contributed by atoms with Gasteiger partial charge in [-0.25, -0.2) is 0 Å². The van der Waals surface area contributed by atoms with Gasteiger partial charge in [0.05, 0.1) is 7.11 Å². The molecule has 0 bridgehead atoms. The third-order valence-corrected chi connectivity index (χ3v) is 5.15. The van der Waals surface area contributed by atoms with Gasteiger partial charge in [-0.05, 0) is 44.9 Å². The molecule has 5 heteroatoms. The second kappa shape index (κ2) is 6.55. The van der Waals surface area contributed by atoms with E-state index >= 15 is 0 Å². The first-order chi connectivity index (χ1) is 11.4. The van der Waals surface area contributed by atoms with Crippen LogP contribution in [0.4, 0.5) is 0 Å². The van der Waals surface area contributed by atoms with E-state index in [0.29, 0.717) is 23.3 Å². The Bertz CT molecular complexity index is 792. The summed E-state index contributed by atoms with van der Waals surface area (Å²) in [5, 5.41) is 3.30. The van der Waals surface area contributed by atoms with E-state index in [1.807, 2.05) is 25.1 Å². The molecular weight excluding hydrogens is 370 g/mol. The lowest BCUT2D eigenvalue weighted by molar-refractivity contribution is -0.116. The van der Waals surface area contributed by atoms with Gasteiger partial charge in [-0.1, -0.05) is 15.9 Å². The molecule has 0 saturated heterocycles. The summed E-state index contributed by atoms with van der Waals surface area (Å²) in [6, 6.07) is 5.70. The quantitative estimate of drug-likeness (QED) is 0.847. The molecule has 1 aliphatic carbocycles. The Morgan fingerprint density at radius 3 is 2.75 bits per heavy atom. The number of ether oxygens (including phenoxy) is 1. The largest absolute Gasteiger partial charge is 0.496 e. The van der Waals surface area contributed by atoms with Crippen molar-refractivity contribution in [2.45, 2.75) is 39.0 Å². The molecule has 4 nitrogen and oxygen atoms in total. The minimum absolute atomic E-state index is 0.0306. The fourth-order valence-corrected chi connectivity index (χ4v) is 4.07. The molecule has 1 aliphatic heterocycles. The zero-order valence-corrected chi connectivity index (χ0v) is 15.6. The number of Topliss-reactive ketones (excluding diaryl/α,β-unsaturated/α-hetero) is 2. The molecule has 24 heavy (non-hydrogen) atoms. The topological polar surface area (TPSA) is 55.4 Å². The van der Waals surface area contributed by atoms with Crippen LogP contribution in [0.5, 0.6) is 5.75 Å². The fraction of sp³-hybridized carbons (Fsp3) is 0.368. The second-order valence-electron chi connectivity index (χ2n) is 6.21. The molecule has 1 aromatic rings. The van der Waals surface area contributed by atoms with Gasteiger partial charge in [0, 0.05) is 44.9 Å². The molecule has 0 spiro atoms. The van der Waals surface area contributed by atoms with E-state index in [-0.39, 0.29) is 17.5 Å². The van der Waals surface area contributed by atoms with Gasteiger partial charge in [0.2, 0.25) is 0 Å². The number of carbonyl (C=O) groups excluding carboxylic acids is 2. The van der Waals surface area contributed by atoms with Gasteiger partial charge in [0.1, 0.15) is 5.75 Å². The maximum absolute atomic E-state index is 12.7. The predicted octanol–water partition coefficient (Wildman–Crippen LogP) is 4.01. The third-order valence-electron chi connectivity index (χ3n) is 4.66. The van der Waals surface area contributed by atoms with E-state index < -0.39 is 0 Å². The first kappa shape index (κ1) is 17.0. The second-order valence-corrected chi connectivity index (χ2v) is 7.12. The summed E-state index contributed by atoms with van der Waals surface area (Å²) in [5.41, 5.74) is 3.97. The molecule has 2 aliphatic rings. The normalized spacial score (nSPS) is 20.7. The van der Waals surface area contributed by atoms with Crippen LogP contribution >= 0.6 is 15.9 Å². The average Bonchev–Trinajstić information content (AvgIpc) is 2.53. The minimum atomic E-state index is -0.376. The minimum Gasteiger partial charge on any atom is -0.496 e. The Morgan fingerprint density at radius 2 is 2.08 bits per heavy atom. The summed E-state index contributed by atoms with van der Waals surface area (Å²) in [5.74, 6) is 0.389. The van der Waals surface area contributed by atoms with Crippen molar-refractivity contribution in [1.82, 2.24) is 5.32 Å². The number of allylic oxidation sites excluding steroid dienone is 4. The molecule has 1 N–H and O–H groups in total.